The number of nitrogens with one attached hydrogen (secondary N) is 1. The number of nitrogens with zero attached hydrogens (tertiary/aromatic N) is 1. The van der Waals surface area contributed by atoms with Gasteiger partial charge in [-0.05, 0) is 41.5 Å². The molecule has 0 bridgehead atoms. The molecule has 31 heavy (non-hydrogen) atoms. The van der Waals surface area contributed by atoms with Crippen molar-refractivity contribution in [3.05, 3.63) is 87.6 Å². The van der Waals surface area contributed by atoms with Crippen molar-refractivity contribution in [2.75, 3.05) is 5.73 Å². The topological polar surface area (TPSA) is 138 Å². The van der Waals surface area contributed by atoms with Gasteiger partial charge in [-0.3, -0.25) is 4.79 Å². The number of hydrogen-bond acceptors (Lipinski definition) is 4. The fourth-order valence-electron chi connectivity index (χ4n) is 3.62. The summed E-state index contributed by atoms with van der Waals surface area (Å²) >= 11 is 0. The highest BCUT2D eigenvalue weighted by molar-refractivity contribution is 6.08. The Balaban J connectivity index is 1.87. The molecule has 9 heteroatoms. The number of aromatic amines is 1. The van der Waals surface area contributed by atoms with Crippen LogP contribution in [0.2, 0.25) is 0 Å². The van der Waals surface area contributed by atoms with E-state index >= 15 is 0 Å². The number of nitrogen functional groups attached to an aromatic ring is 1. The van der Waals surface area contributed by atoms with E-state index in [-0.39, 0.29) is 16.9 Å². The van der Waals surface area contributed by atoms with Gasteiger partial charge in [0.25, 0.3) is 5.56 Å². The average molecular weight is 421 g/mol. The number of carboxylic acids is 2. The molecule has 5 N–H and O–H groups in total. The van der Waals surface area contributed by atoms with Gasteiger partial charge in [-0.25, -0.2) is 14.0 Å². The van der Waals surface area contributed by atoms with Gasteiger partial charge in [-0.1, -0.05) is 18.2 Å². The van der Waals surface area contributed by atoms with Crippen LogP contribution in [-0.2, 0) is 6.54 Å². The maximum Gasteiger partial charge on any atom is 0.342 e. The second-order valence-corrected chi connectivity index (χ2v) is 6.95. The Hall–Kier alpha value is -4.40. The molecule has 4 rings (SSSR count). The van der Waals surface area contributed by atoms with Gasteiger partial charge in [0, 0.05) is 29.2 Å². The molecule has 0 aliphatic rings. The number of nitrogens with two attached hydrogens (primary N) is 1. The molecular formula is C22H16FN3O5. The maximum atomic E-state index is 13.1. The van der Waals surface area contributed by atoms with Gasteiger partial charge in [0.15, 0.2) is 0 Å². The number of carboxylic acid groups (broad SMARTS) is 2. The van der Waals surface area contributed by atoms with Gasteiger partial charge in [0.1, 0.15) is 22.8 Å². The maximum absolute atomic E-state index is 13.1. The summed E-state index contributed by atoms with van der Waals surface area (Å²) in [4.78, 5) is 37.8. The summed E-state index contributed by atoms with van der Waals surface area (Å²) in [5.41, 5.74) is 5.17. The van der Waals surface area contributed by atoms with Crippen LogP contribution in [0.15, 0.2) is 59.5 Å². The van der Waals surface area contributed by atoms with E-state index in [2.05, 4.69) is 4.98 Å². The highest BCUT2D eigenvalue weighted by Gasteiger charge is 2.26. The van der Waals surface area contributed by atoms with Gasteiger partial charge >= 0.3 is 11.9 Å². The Morgan fingerprint density at radius 2 is 1.68 bits per heavy atom. The standard InChI is InChI=1S/C22H16FN3O5/c23-14-4-1-11(2-5-14)10-26-8-7-12-9-13(3-6-15(12)26)16-17(21(28)29)19(24)25-20(27)18(16)22(30)31/h1-9H,10H2,(H,28,29)(H,30,31)(H3,24,25,27). The first-order chi connectivity index (χ1) is 14.8. The summed E-state index contributed by atoms with van der Waals surface area (Å²) in [5, 5.41) is 19.8. The monoisotopic (exact) mass is 421 g/mol. The number of halogens is 1. The first-order valence-corrected chi connectivity index (χ1v) is 9.12. The molecule has 0 aliphatic carbocycles. The first-order valence-electron chi connectivity index (χ1n) is 9.12. The van der Waals surface area contributed by atoms with Crippen LogP contribution in [-0.4, -0.2) is 31.7 Å². The Morgan fingerprint density at radius 3 is 2.32 bits per heavy atom. The van der Waals surface area contributed by atoms with Crippen molar-refractivity contribution in [1.82, 2.24) is 9.55 Å². The second kappa shape index (κ2) is 7.45. The third kappa shape index (κ3) is 3.52. The fourth-order valence-corrected chi connectivity index (χ4v) is 3.62. The van der Waals surface area contributed by atoms with Gasteiger partial charge in [-0.15, -0.1) is 0 Å². The van der Waals surface area contributed by atoms with Crippen molar-refractivity contribution in [2.45, 2.75) is 6.54 Å². The van der Waals surface area contributed by atoms with Crippen molar-refractivity contribution in [3.8, 4) is 11.1 Å². The van der Waals surface area contributed by atoms with Gasteiger partial charge < -0.3 is 25.5 Å². The Morgan fingerprint density at radius 1 is 1.00 bits per heavy atom. The van der Waals surface area contributed by atoms with Crippen LogP contribution >= 0.6 is 0 Å². The summed E-state index contributed by atoms with van der Waals surface area (Å²) in [5.74, 6) is -3.77. The molecule has 0 saturated heterocycles. The largest absolute Gasteiger partial charge is 0.478 e. The smallest absolute Gasteiger partial charge is 0.342 e. The summed E-state index contributed by atoms with van der Waals surface area (Å²) in [7, 11) is 0. The zero-order valence-corrected chi connectivity index (χ0v) is 15.9. The van der Waals surface area contributed by atoms with Crippen molar-refractivity contribution < 1.29 is 24.2 Å². The average Bonchev–Trinajstić information content (AvgIpc) is 3.10. The molecule has 4 aromatic rings. The molecule has 0 spiro atoms. The van der Waals surface area contributed by atoms with Crippen LogP contribution in [0.25, 0.3) is 22.0 Å². The second-order valence-electron chi connectivity index (χ2n) is 6.95. The third-order valence-electron chi connectivity index (χ3n) is 5.00. The molecule has 0 fully saturated rings. The van der Waals surface area contributed by atoms with Crippen LogP contribution in [0.1, 0.15) is 26.3 Å². The Bertz CT molecular complexity index is 1400. The molecule has 2 aromatic carbocycles. The fraction of sp³-hybridized carbons (Fsp3) is 0.0455. The zero-order chi connectivity index (χ0) is 22.3. The van der Waals surface area contributed by atoms with E-state index in [0.29, 0.717) is 11.9 Å². The van der Waals surface area contributed by atoms with Crippen molar-refractivity contribution in [3.63, 3.8) is 0 Å². The minimum atomic E-state index is -1.56. The number of benzene rings is 2. The van der Waals surface area contributed by atoms with E-state index in [4.69, 9.17) is 5.73 Å². The summed E-state index contributed by atoms with van der Waals surface area (Å²) < 4.78 is 15.0. The lowest BCUT2D eigenvalue weighted by molar-refractivity contribution is 0.0695. The van der Waals surface area contributed by atoms with E-state index in [9.17, 15) is 29.0 Å². The minimum Gasteiger partial charge on any atom is -0.478 e. The number of pyridine rings is 1. The summed E-state index contributed by atoms with van der Waals surface area (Å²) in [6.07, 6.45) is 1.81. The zero-order valence-electron chi connectivity index (χ0n) is 15.9. The molecule has 0 saturated carbocycles. The lowest BCUT2D eigenvalue weighted by Gasteiger charge is -2.13. The first kappa shape index (κ1) is 19.9. The van der Waals surface area contributed by atoms with Gasteiger partial charge in [-0.2, -0.15) is 0 Å². The van der Waals surface area contributed by atoms with Crippen LogP contribution in [0, 0.1) is 5.82 Å². The summed E-state index contributed by atoms with van der Waals surface area (Å²) in [6.45, 7) is 0.474. The lowest BCUT2D eigenvalue weighted by Crippen LogP contribution is -2.24. The van der Waals surface area contributed by atoms with E-state index in [1.165, 1.54) is 18.2 Å². The third-order valence-corrected chi connectivity index (χ3v) is 5.00. The summed E-state index contributed by atoms with van der Waals surface area (Å²) in [6, 6.07) is 12.7. The van der Waals surface area contributed by atoms with Crippen LogP contribution in [0.3, 0.4) is 0 Å². The van der Waals surface area contributed by atoms with E-state index in [1.807, 2.05) is 4.57 Å². The lowest BCUT2D eigenvalue weighted by atomic mass is 9.94. The number of aromatic carboxylic acids is 2. The van der Waals surface area contributed by atoms with E-state index in [0.717, 1.165) is 11.1 Å². The quantitative estimate of drug-likeness (QED) is 0.390. The number of H-pyrrole nitrogens is 1. The Labute approximate surface area is 174 Å². The predicted molar refractivity (Wildman–Crippen MR) is 112 cm³/mol. The number of rotatable bonds is 5. The molecule has 0 aliphatic heterocycles. The van der Waals surface area contributed by atoms with Crippen LogP contribution in [0.4, 0.5) is 10.2 Å². The number of hydrogen-bond donors (Lipinski definition) is 4. The number of aromatic nitrogens is 2. The normalized spacial score (nSPS) is 11.0. The SMILES string of the molecule is Nc1[nH]c(=O)c(C(=O)O)c(-c2ccc3c(ccn3Cc3ccc(F)cc3)c2)c1C(=O)O. The van der Waals surface area contributed by atoms with Crippen LogP contribution in [0.5, 0.6) is 0 Å². The van der Waals surface area contributed by atoms with E-state index < -0.39 is 34.4 Å². The van der Waals surface area contributed by atoms with Crippen LogP contribution < -0.4 is 11.3 Å². The number of fused-ring (bicyclic) bond motifs is 1. The molecule has 156 valence electrons. The molecule has 0 amide bonds. The highest BCUT2D eigenvalue weighted by atomic mass is 19.1. The molecule has 2 heterocycles. The van der Waals surface area contributed by atoms with Crippen molar-refractivity contribution >= 4 is 28.7 Å². The molecule has 0 radical (unpaired) electrons. The predicted octanol–water partition coefficient (Wildman–Crippen LogP) is 3.16. The molecule has 0 unspecified atom stereocenters. The molecular weight excluding hydrogens is 405 g/mol. The van der Waals surface area contributed by atoms with Gasteiger partial charge in [0.2, 0.25) is 0 Å². The Kier molecular flexibility index (Phi) is 4.78. The van der Waals surface area contributed by atoms with E-state index in [1.54, 1.807) is 36.5 Å². The molecule has 2 aromatic heterocycles. The van der Waals surface area contributed by atoms with Gasteiger partial charge in [0.05, 0.1) is 0 Å². The minimum absolute atomic E-state index is 0.236. The number of carbonyl (C=O) groups is 2. The molecule has 8 nitrogen and oxygen atoms in total. The highest BCUT2D eigenvalue weighted by Crippen LogP contribution is 2.32. The number of anilines is 1. The molecule has 0 atom stereocenters. The van der Waals surface area contributed by atoms with Crippen molar-refractivity contribution in [2.24, 2.45) is 0 Å². The van der Waals surface area contributed by atoms with Crippen molar-refractivity contribution in [1.29, 1.82) is 0 Å².